The van der Waals surface area contributed by atoms with Crippen LogP contribution in [0.2, 0.25) is 0 Å². The van der Waals surface area contributed by atoms with Crippen LogP contribution >= 0.6 is 0 Å². The zero-order chi connectivity index (χ0) is 12.5. The second kappa shape index (κ2) is 4.41. The summed E-state index contributed by atoms with van der Waals surface area (Å²) in [4.78, 5) is 4.58. The predicted molar refractivity (Wildman–Crippen MR) is 66.6 cm³/mol. The summed E-state index contributed by atoms with van der Waals surface area (Å²) < 4.78 is 5.46. The molecule has 17 heavy (non-hydrogen) atoms. The molecule has 2 N–H and O–H groups in total. The lowest BCUT2D eigenvalue weighted by Gasteiger charge is -2.22. The summed E-state index contributed by atoms with van der Waals surface area (Å²) in [7, 11) is 0. The monoisotopic (exact) mass is 237 g/mol. The number of nitrogens with two attached hydrogens (primary N) is 1. The van der Waals surface area contributed by atoms with Crippen molar-refractivity contribution in [1.82, 2.24) is 10.1 Å². The van der Waals surface area contributed by atoms with E-state index in [9.17, 15) is 0 Å². The molecule has 0 aromatic carbocycles. The van der Waals surface area contributed by atoms with Gasteiger partial charge in [0.05, 0.1) is 5.54 Å². The molecule has 1 aromatic rings. The largest absolute Gasteiger partial charge is 0.339 e. The average molecular weight is 237 g/mol. The molecule has 0 unspecified atom stereocenters. The van der Waals surface area contributed by atoms with Gasteiger partial charge in [0.15, 0.2) is 5.82 Å². The third-order valence-electron chi connectivity index (χ3n) is 4.36. The van der Waals surface area contributed by atoms with E-state index in [1.54, 1.807) is 0 Å². The molecular formula is C13H23N3O. The van der Waals surface area contributed by atoms with Crippen molar-refractivity contribution >= 4 is 0 Å². The Morgan fingerprint density at radius 2 is 1.88 bits per heavy atom. The molecule has 1 saturated carbocycles. The van der Waals surface area contributed by atoms with Crippen molar-refractivity contribution < 1.29 is 4.52 Å². The van der Waals surface area contributed by atoms with Crippen LogP contribution in [0.5, 0.6) is 0 Å². The van der Waals surface area contributed by atoms with Gasteiger partial charge in [-0.05, 0) is 25.7 Å². The highest BCUT2D eigenvalue weighted by molar-refractivity contribution is 5.10. The van der Waals surface area contributed by atoms with Gasteiger partial charge in [0.2, 0.25) is 5.89 Å². The quantitative estimate of drug-likeness (QED) is 0.874. The summed E-state index contributed by atoms with van der Waals surface area (Å²) in [5.74, 6) is 1.45. The smallest absolute Gasteiger partial charge is 0.232 e. The Morgan fingerprint density at radius 3 is 2.41 bits per heavy atom. The van der Waals surface area contributed by atoms with Gasteiger partial charge in [-0.15, -0.1) is 0 Å². The lowest BCUT2D eigenvalue weighted by molar-refractivity contribution is 0.287. The lowest BCUT2D eigenvalue weighted by atomic mass is 9.88. The fraction of sp³-hybridized carbons (Fsp3) is 0.846. The number of hydrogen-bond donors (Lipinski definition) is 1. The van der Waals surface area contributed by atoms with Crippen molar-refractivity contribution in [3.05, 3.63) is 11.7 Å². The number of hydrogen-bond acceptors (Lipinski definition) is 4. The first-order valence-corrected chi connectivity index (χ1v) is 6.67. The maximum atomic E-state index is 6.29. The summed E-state index contributed by atoms with van der Waals surface area (Å²) >= 11 is 0. The van der Waals surface area contributed by atoms with Gasteiger partial charge in [0.1, 0.15) is 0 Å². The summed E-state index contributed by atoms with van der Waals surface area (Å²) in [6, 6.07) is 0. The SMILES string of the molecule is CCC(N)(CC)c1noc(C2(C)CCCC2)n1. The molecule has 1 heterocycles. The molecule has 4 heteroatoms. The highest BCUT2D eigenvalue weighted by Crippen LogP contribution is 2.40. The molecule has 0 bridgehead atoms. The first-order valence-electron chi connectivity index (χ1n) is 6.67. The topological polar surface area (TPSA) is 64.9 Å². The van der Waals surface area contributed by atoms with Crippen molar-refractivity contribution in [3.8, 4) is 0 Å². The molecule has 1 aromatic heterocycles. The van der Waals surface area contributed by atoms with Crippen LogP contribution in [0.4, 0.5) is 0 Å². The number of rotatable bonds is 4. The van der Waals surface area contributed by atoms with E-state index in [0.717, 1.165) is 31.6 Å². The molecule has 0 saturated heterocycles. The van der Waals surface area contributed by atoms with Gasteiger partial charge in [-0.1, -0.05) is 38.8 Å². The molecule has 1 aliphatic carbocycles. The summed E-state index contributed by atoms with van der Waals surface area (Å²) in [5.41, 5.74) is 5.93. The van der Waals surface area contributed by atoms with Gasteiger partial charge in [0, 0.05) is 5.41 Å². The van der Waals surface area contributed by atoms with E-state index in [4.69, 9.17) is 10.3 Å². The zero-order valence-corrected chi connectivity index (χ0v) is 11.1. The Labute approximate surface area is 103 Å². The van der Waals surface area contributed by atoms with Crippen LogP contribution in [-0.4, -0.2) is 10.1 Å². The first kappa shape index (κ1) is 12.6. The molecule has 4 nitrogen and oxygen atoms in total. The molecule has 0 spiro atoms. The Morgan fingerprint density at radius 1 is 1.29 bits per heavy atom. The normalized spacial score (nSPS) is 19.8. The minimum atomic E-state index is -0.434. The van der Waals surface area contributed by atoms with Gasteiger partial charge in [-0.25, -0.2) is 0 Å². The molecule has 0 aliphatic heterocycles. The van der Waals surface area contributed by atoms with Gasteiger partial charge in [-0.3, -0.25) is 0 Å². The van der Waals surface area contributed by atoms with E-state index in [-0.39, 0.29) is 5.41 Å². The first-order chi connectivity index (χ1) is 8.04. The molecule has 96 valence electrons. The zero-order valence-electron chi connectivity index (χ0n) is 11.1. The summed E-state index contributed by atoms with van der Waals surface area (Å²) in [6.45, 7) is 6.35. The summed E-state index contributed by atoms with van der Waals surface area (Å²) in [6.07, 6.45) is 6.46. The van der Waals surface area contributed by atoms with Crippen LogP contribution in [0.3, 0.4) is 0 Å². The number of aromatic nitrogens is 2. The minimum absolute atomic E-state index is 0.0770. The summed E-state index contributed by atoms with van der Waals surface area (Å²) in [5, 5.41) is 4.11. The second-order valence-corrected chi connectivity index (χ2v) is 5.55. The second-order valence-electron chi connectivity index (χ2n) is 5.55. The molecule has 0 atom stereocenters. The van der Waals surface area contributed by atoms with Crippen molar-refractivity contribution in [2.75, 3.05) is 0 Å². The fourth-order valence-corrected chi connectivity index (χ4v) is 2.61. The van der Waals surface area contributed by atoms with Crippen molar-refractivity contribution in [1.29, 1.82) is 0 Å². The Kier molecular flexibility index (Phi) is 3.25. The fourth-order valence-electron chi connectivity index (χ4n) is 2.61. The highest BCUT2D eigenvalue weighted by Gasteiger charge is 2.38. The third kappa shape index (κ3) is 2.10. The van der Waals surface area contributed by atoms with Crippen molar-refractivity contribution in [2.45, 2.75) is 70.3 Å². The molecule has 0 radical (unpaired) electrons. The van der Waals surface area contributed by atoms with Crippen LogP contribution in [-0.2, 0) is 11.0 Å². The maximum absolute atomic E-state index is 6.29. The third-order valence-corrected chi connectivity index (χ3v) is 4.36. The van der Waals surface area contributed by atoms with Crippen LogP contribution in [0, 0.1) is 0 Å². The number of nitrogens with zero attached hydrogens (tertiary/aromatic N) is 2. The Bertz CT molecular complexity index is 357. The van der Waals surface area contributed by atoms with E-state index in [2.05, 4.69) is 30.9 Å². The molecule has 1 aliphatic rings. The maximum Gasteiger partial charge on any atom is 0.232 e. The molecule has 1 fully saturated rings. The molecular weight excluding hydrogens is 214 g/mol. The van der Waals surface area contributed by atoms with Gasteiger partial charge in [0.25, 0.3) is 0 Å². The van der Waals surface area contributed by atoms with Crippen molar-refractivity contribution in [2.24, 2.45) is 5.73 Å². The van der Waals surface area contributed by atoms with E-state index in [0.29, 0.717) is 5.82 Å². The van der Waals surface area contributed by atoms with Gasteiger partial charge in [-0.2, -0.15) is 4.98 Å². The van der Waals surface area contributed by atoms with Crippen molar-refractivity contribution in [3.63, 3.8) is 0 Å². The molecule has 0 amide bonds. The lowest BCUT2D eigenvalue weighted by Crippen LogP contribution is -2.36. The standard InChI is InChI=1S/C13H23N3O/c1-4-13(14,5-2)10-15-11(17-16-10)12(3)8-6-7-9-12/h4-9,14H2,1-3H3. The van der Waals surface area contributed by atoms with E-state index in [1.165, 1.54) is 12.8 Å². The Hall–Kier alpha value is -0.900. The minimum Gasteiger partial charge on any atom is -0.339 e. The van der Waals surface area contributed by atoms with Gasteiger partial charge < -0.3 is 10.3 Å². The highest BCUT2D eigenvalue weighted by atomic mass is 16.5. The molecule has 2 rings (SSSR count). The average Bonchev–Trinajstić information content (AvgIpc) is 2.97. The van der Waals surface area contributed by atoms with E-state index >= 15 is 0 Å². The van der Waals surface area contributed by atoms with Crippen LogP contribution in [0.1, 0.15) is 71.0 Å². The van der Waals surface area contributed by atoms with Crippen LogP contribution in [0.25, 0.3) is 0 Å². The predicted octanol–water partition coefficient (Wildman–Crippen LogP) is 2.88. The Balaban J connectivity index is 2.27. The van der Waals surface area contributed by atoms with E-state index < -0.39 is 5.54 Å². The van der Waals surface area contributed by atoms with E-state index in [1.807, 2.05) is 0 Å². The van der Waals surface area contributed by atoms with Crippen LogP contribution < -0.4 is 5.73 Å². The van der Waals surface area contributed by atoms with Crippen LogP contribution in [0.15, 0.2) is 4.52 Å². The van der Waals surface area contributed by atoms with Gasteiger partial charge >= 0.3 is 0 Å².